The van der Waals surface area contributed by atoms with Crippen molar-refractivity contribution in [3.63, 3.8) is 0 Å². The summed E-state index contributed by atoms with van der Waals surface area (Å²) < 4.78 is 4.07. The van der Waals surface area contributed by atoms with Gasteiger partial charge in [0.2, 0.25) is 0 Å². The Hall–Kier alpha value is -2.40. The fourth-order valence-corrected chi connectivity index (χ4v) is 2.67. The first-order valence-corrected chi connectivity index (χ1v) is 8.00. The fraction of sp³-hybridized carbons (Fsp3) is 0.333. The normalized spacial score (nSPS) is 12.7. The van der Waals surface area contributed by atoms with Gasteiger partial charge in [0.15, 0.2) is 0 Å². The Bertz CT molecular complexity index is 742. The summed E-state index contributed by atoms with van der Waals surface area (Å²) in [5.41, 5.74) is 2.31. The van der Waals surface area contributed by atoms with Crippen molar-refractivity contribution in [3.05, 3.63) is 66.5 Å². The molecule has 0 saturated heterocycles. The predicted octanol–water partition coefficient (Wildman–Crippen LogP) is 3.50. The minimum absolute atomic E-state index is 0.239. The lowest BCUT2D eigenvalue weighted by atomic mass is 10.1. The zero-order chi connectivity index (χ0) is 16.2. The number of nitrogens with one attached hydrogen (secondary N) is 1. The van der Waals surface area contributed by atoms with Crippen LogP contribution in [0.15, 0.2) is 55.1 Å². The molecular formula is C18H23N5. The van der Waals surface area contributed by atoms with Crippen LogP contribution in [0.25, 0.3) is 5.69 Å². The molecule has 0 aliphatic heterocycles. The van der Waals surface area contributed by atoms with Gasteiger partial charge in [0.1, 0.15) is 5.82 Å². The number of benzene rings is 1. The van der Waals surface area contributed by atoms with Crippen LogP contribution in [0.3, 0.4) is 0 Å². The molecule has 0 saturated carbocycles. The molecule has 0 bridgehead atoms. The second kappa shape index (κ2) is 6.79. The van der Waals surface area contributed by atoms with Gasteiger partial charge in [-0.1, -0.05) is 12.1 Å². The molecule has 1 N–H and O–H groups in total. The molecule has 0 radical (unpaired) electrons. The lowest BCUT2D eigenvalue weighted by Gasteiger charge is -2.17. The van der Waals surface area contributed by atoms with E-state index in [-0.39, 0.29) is 6.04 Å². The van der Waals surface area contributed by atoms with Crippen molar-refractivity contribution < 1.29 is 0 Å². The smallest absolute Gasteiger partial charge is 0.122 e. The molecular weight excluding hydrogens is 286 g/mol. The van der Waals surface area contributed by atoms with Crippen LogP contribution in [0.1, 0.15) is 44.2 Å². The standard InChI is InChI=1S/C18H23N5/c1-14(2)22-11-9-19-18(22)13-20-15(3)16-6-4-7-17(12-16)23-10-5-8-21-23/h4-12,14-15,20H,13H2,1-3H3. The molecule has 3 aromatic rings. The van der Waals surface area contributed by atoms with Crippen molar-refractivity contribution >= 4 is 0 Å². The van der Waals surface area contributed by atoms with Gasteiger partial charge in [-0.25, -0.2) is 9.67 Å². The maximum absolute atomic E-state index is 4.45. The molecule has 5 nitrogen and oxygen atoms in total. The first-order valence-electron chi connectivity index (χ1n) is 8.00. The zero-order valence-electron chi connectivity index (χ0n) is 13.8. The van der Waals surface area contributed by atoms with E-state index in [1.54, 1.807) is 6.20 Å². The molecule has 0 amide bonds. The van der Waals surface area contributed by atoms with Gasteiger partial charge in [0.05, 0.1) is 12.2 Å². The summed E-state index contributed by atoms with van der Waals surface area (Å²) in [7, 11) is 0. The molecule has 1 aromatic carbocycles. The number of rotatable bonds is 6. The third kappa shape index (κ3) is 3.51. The zero-order valence-corrected chi connectivity index (χ0v) is 13.8. The van der Waals surface area contributed by atoms with Gasteiger partial charge in [0.25, 0.3) is 0 Å². The van der Waals surface area contributed by atoms with Gasteiger partial charge in [-0.3, -0.25) is 0 Å². The lowest BCUT2D eigenvalue weighted by Crippen LogP contribution is -2.21. The molecule has 3 rings (SSSR count). The highest BCUT2D eigenvalue weighted by molar-refractivity contribution is 5.36. The van der Waals surface area contributed by atoms with Crippen molar-refractivity contribution in [2.24, 2.45) is 0 Å². The average Bonchev–Trinajstić information content (AvgIpc) is 3.24. The molecule has 2 aromatic heterocycles. The van der Waals surface area contributed by atoms with Crippen LogP contribution in [-0.2, 0) is 6.54 Å². The number of imidazole rings is 1. The summed E-state index contributed by atoms with van der Waals surface area (Å²) in [6.07, 6.45) is 7.64. The van der Waals surface area contributed by atoms with Crippen LogP contribution in [0.5, 0.6) is 0 Å². The van der Waals surface area contributed by atoms with E-state index in [9.17, 15) is 0 Å². The Kier molecular flexibility index (Phi) is 4.57. The largest absolute Gasteiger partial charge is 0.331 e. The highest BCUT2D eigenvalue weighted by Gasteiger charge is 2.10. The number of nitrogens with zero attached hydrogens (tertiary/aromatic N) is 4. The van der Waals surface area contributed by atoms with Crippen LogP contribution in [0.2, 0.25) is 0 Å². The van der Waals surface area contributed by atoms with Crippen molar-refractivity contribution in [2.45, 2.75) is 39.4 Å². The van der Waals surface area contributed by atoms with E-state index in [2.05, 4.69) is 65.0 Å². The molecule has 1 atom stereocenters. The predicted molar refractivity (Wildman–Crippen MR) is 91.4 cm³/mol. The van der Waals surface area contributed by atoms with E-state index in [4.69, 9.17) is 0 Å². The molecule has 2 heterocycles. The summed E-state index contributed by atoms with van der Waals surface area (Å²) in [4.78, 5) is 4.45. The maximum atomic E-state index is 4.45. The second-order valence-corrected chi connectivity index (χ2v) is 5.99. The number of hydrogen-bond acceptors (Lipinski definition) is 3. The highest BCUT2D eigenvalue weighted by Crippen LogP contribution is 2.17. The molecule has 0 aliphatic rings. The summed E-state index contributed by atoms with van der Waals surface area (Å²) in [6, 6.07) is 11.0. The first-order chi connectivity index (χ1) is 11.1. The molecule has 120 valence electrons. The maximum Gasteiger partial charge on any atom is 0.122 e. The molecule has 23 heavy (non-hydrogen) atoms. The van der Waals surface area contributed by atoms with Gasteiger partial charge in [-0.15, -0.1) is 0 Å². The molecule has 0 aliphatic carbocycles. The quantitative estimate of drug-likeness (QED) is 0.758. The summed E-state index contributed by atoms with van der Waals surface area (Å²) in [5, 5.41) is 7.84. The SMILES string of the molecule is CC(NCc1nccn1C(C)C)c1cccc(-n2cccn2)c1. The summed E-state index contributed by atoms with van der Waals surface area (Å²) >= 11 is 0. The molecule has 0 spiro atoms. The Labute approximate surface area is 137 Å². The first kappa shape index (κ1) is 15.5. The Morgan fingerprint density at radius 1 is 1.09 bits per heavy atom. The van der Waals surface area contributed by atoms with E-state index in [0.717, 1.165) is 18.1 Å². The van der Waals surface area contributed by atoms with Gasteiger partial charge in [-0.2, -0.15) is 5.10 Å². The van der Waals surface area contributed by atoms with E-state index in [1.165, 1.54) is 5.56 Å². The van der Waals surface area contributed by atoms with E-state index >= 15 is 0 Å². The Balaban J connectivity index is 1.70. The van der Waals surface area contributed by atoms with E-state index in [0.29, 0.717) is 6.04 Å². The van der Waals surface area contributed by atoms with E-state index in [1.807, 2.05) is 29.3 Å². The van der Waals surface area contributed by atoms with E-state index < -0.39 is 0 Å². The average molecular weight is 309 g/mol. The third-order valence-corrected chi connectivity index (χ3v) is 4.01. The number of aromatic nitrogens is 4. The van der Waals surface area contributed by atoms with Crippen molar-refractivity contribution in [1.29, 1.82) is 0 Å². The van der Waals surface area contributed by atoms with Crippen molar-refractivity contribution in [2.75, 3.05) is 0 Å². The molecule has 0 fully saturated rings. The van der Waals surface area contributed by atoms with Crippen LogP contribution in [-0.4, -0.2) is 19.3 Å². The van der Waals surface area contributed by atoms with Crippen molar-refractivity contribution in [3.8, 4) is 5.69 Å². The fourth-order valence-electron chi connectivity index (χ4n) is 2.67. The van der Waals surface area contributed by atoms with Crippen LogP contribution < -0.4 is 5.32 Å². The Morgan fingerprint density at radius 3 is 2.70 bits per heavy atom. The van der Waals surface area contributed by atoms with Crippen LogP contribution >= 0.6 is 0 Å². The minimum atomic E-state index is 0.239. The van der Waals surface area contributed by atoms with Crippen molar-refractivity contribution in [1.82, 2.24) is 24.6 Å². The molecule has 1 unspecified atom stereocenters. The highest BCUT2D eigenvalue weighted by atomic mass is 15.3. The van der Waals surface area contributed by atoms with Gasteiger partial charge in [0, 0.05) is 36.9 Å². The number of hydrogen-bond donors (Lipinski definition) is 1. The minimum Gasteiger partial charge on any atom is -0.331 e. The summed E-state index contributed by atoms with van der Waals surface area (Å²) in [5.74, 6) is 1.06. The summed E-state index contributed by atoms with van der Waals surface area (Å²) in [6.45, 7) is 7.26. The van der Waals surface area contributed by atoms with Gasteiger partial charge >= 0.3 is 0 Å². The molecule has 5 heteroatoms. The van der Waals surface area contributed by atoms with Gasteiger partial charge < -0.3 is 9.88 Å². The Morgan fingerprint density at radius 2 is 1.96 bits per heavy atom. The third-order valence-electron chi connectivity index (χ3n) is 4.01. The second-order valence-electron chi connectivity index (χ2n) is 5.99. The monoisotopic (exact) mass is 309 g/mol. The van der Waals surface area contributed by atoms with Crippen LogP contribution in [0, 0.1) is 0 Å². The topological polar surface area (TPSA) is 47.7 Å². The van der Waals surface area contributed by atoms with Gasteiger partial charge in [-0.05, 0) is 44.5 Å². The lowest BCUT2D eigenvalue weighted by molar-refractivity contribution is 0.509. The van der Waals surface area contributed by atoms with Crippen LogP contribution in [0.4, 0.5) is 0 Å².